The normalized spacial score (nSPS) is 12.8. The Hall–Kier alpha value is -0.950. The third-order valence-corrected chi connectivity index (χ3v) is 3.11. The Morgan fingerprint density at radius 3 is 2.25 bits per heavy atom. The Balaban J connectivity index is 2.24. The summed E-state index contributed by atoms with van der Waals surface area (Å²) in [6.07, 6.45) is -0.487. The van der Waals surface area contributed by atoms with Crippen molar-refractivity contribution in [2.75, 3.05) is 40.1 Å². The van der Waals surface area contributed by atoms with Crippen LogP contribution in [0.5, 0.6) is 0 Å². The number of rotatable bonds is 10. The molecular formula is C14H26N2O4. The van der Waals surface area contributed by atoms with Crippen molar-refractivity contribution >= 4 is 0 Å². The van der Waals surface area contributed by atoms with E-state index in [0.717, 1.165) is 17.0 Å². The monoisotopic (exact) mass is 286 g/mol. The van der Waals surface area contributed by atoms with Gasteiger partial charge in [-0.25, -0.2) is 0 Å². The smallest absolute Gasteiger partial charge is 0.0797 e. The first-order chi connectivity index (χ1) is 9.57. The number of aryl methyl sites for hydroxylation is 1. The van der Waals surface area contributed by atoms with Crippen LogP contribution in [-0.2, 0) is 20.8 Å². The third kappa shape index (κ3) is 5.20. The SMILES string of the molecule is COCCOCCOCCn1nc(C)c(C(C)O)c1C. The van der Waals surface area contributed by atoms with Gasteiger partial charge in [0.05, 0.1) is 51.4 Å². The summed E-state index contributed by atoms with van der Waals surface area (Å²) in [7, 11) is 1.65. The van der Waals surface area contributed by atoms with Crippen LogP contribution in [0.1, 0.15) is 30.0 Å². The molecule has 1 aromatic heterocycles. The summed E-state index contributed by atoms with van der Waals surface area (Å²) in [6, 6.07) is 0. The maximum absolute atomic E-state index is 9.70. The fraction of sp³-hybridized carbons (Fsp3) is 0.786. The van der Waals surface area contributed by atoms with Crippen molar-refractivity contribution < 1.29 is 19.3 Å². The summed E-state index contributed by atoms with van der Waals surface area (Å²) < 4.78 is 17.5. The van der Waals surface area contributed by atoms with E-state index >= 15 is 0 Å². The van der Waals surface area contributed by atoms with Gasteiger partial charge in [-0.05, 0) is 20.8 Å². The summed E-state index contributed by atoms with van der Waals surface area (Å²) in [4.78, 5) is 0. The summed E-state index contributed by atoms with van der Waals surface area (Å²) in [6.45, 7) is 9.22. The lowest BCUT2D eigenvalue weighted by Gasteiger charge is -2.08. The lowest BCUT2D eigenvalue weighted by Crippen LogP contribution is -2.13. The molecule has 1 atom stereocenters. The fourth-order valence-corrected chi connectivity index (χ4v) is 2.15. The average molecular weight is 286 g/mol. The van der Waals surface area contributed by atoms with Crippen molar-refractivity contribution in [3.05, 3.63) is 17.0 Å². The largest absolute Gasteiger partial charge is 0.389 e. The Morgan fingerprint density at radius 2 is 1.70 bits per heavy atom. The van der Waals surface area contributed by atoms with Gasteiger partial charge >= 0.3 is 0 Å². The van der Waals surface area contributed by atoms with E-state index in [9.17, 15) is 5.11 Å². The lowest BCUT2D eigenvalue weighted by molar-refractivity contribution is 0.0224. The Bertz CT molecular complexity index is 391. The van der Waals surface area contributed by atoms with Crippen LogP contribution in [0.3, 0.4) is 0 Å². The minimum Gasteiger partial charge on any atom is -0.389 e. The van der Waals surface area contributed by atoms with Crippen LogP contribution in [0.25, 0.3) is 0 Å². The van der Waals surface area contributed by atoms with Crippen molar-refractivity contribution in [2.24, 2.45) is 0 Å². The van der Waals surface area contributed by atoms with E-state index in [-0.39, 0.29) is 0 Å². The van der Waals surface area contributed by atoms with E-state index in [0.29, 0.717) is 39.6 Å². The lowest BCUT2D eigenvalue weighted by atomic mass is 10.1. The van der Waals surface area contributed by atoms with Crippen molar-refractivity contribution in [1.82, 2.24) is 9.78 Å². The highest BCUT2D eigenvalue weighted by atomic mass is 16.5. The first-order valence-electron chi connectivity index (χ1n) is 6.94. The second kappa shape index (κ2) is 9.07. The molecule has 6 heteroatoms. The number of aromatic nitrogens is 2. The molecular weight excluding hydrogens is 260 g/mol. The third-order valence-electron chi connectivity index (χ3n) is 3.11. The van der Waals surface area contributed by atoms with E-state index in [2.05, 4.69) is 5.10 Å². The average Bonchev–Trinajstić information content (AvgIpc) is 2.67. The molecule has 0 radical (unpaired) electrons. The summed E-state index contributed by atoms with van der Waals surface area (Å²) in [5.41, 5.74) is 2.78. The van der Waals surface area contributed by atoms with Crippen LogP contribution in [0, 0.1) is 13.8 Å². The first-order valence-corrected chi connectivity index (χ1v) is 6.94. The van der Waals surface area contributed by atoms with Crippen molar-refractivity contribution in [2.45, 2.75) is 33.4 Å². The van der Waals surface area contributed by atoms with Gasteiger partial charge < -0.3 is 19.3 Å². The molecule has 0 amide bonds. The van der Waals surface area contributed by atoms with Crippen LogP contribution in [0.4, 0.5) is 0 Å². The molecule has 0 aliphatic rings. The molecule has 0 fully saturated rings. The van der Waals surface area contributed by atoms with Gasteiger partial charge in [-0.15, -0.1) is 0 Å². The molecule has 1 aromatic rings. The van der Waals surface area contributed by atoms with Crippen LogP contribution < -0.4 is 0 Å². The molecule has 0 aliphatic heterocycles. The van der Waals surface area contributed by atoms with E-state index in [1.807, 2.05) is 18.5 Å². The van der Waals surface area contributed by atoms with E-state index < -0.39 is 6.10 Å². The van der Waals surface area contributed by atoms with Crippen LogP contribution in [0.15, 0.2) is 0 Å². The quantitative estimate of drug-likeness (QED) is 0.655. The molecule has 0 saturated heterocycles. The number of hydrogen-bond donors (Lipinski definition) is 1. The highest BCUT2D eigenvalue weighted by Gasteiger charge is 2.15. The summed E-state index contributed by atoms with van der Waals surface area (Å²) in [5.74, 6) is 0. The standard InChI is InChI=1S/C14H26N2O4/c1-11-14(13(3)17)12(2)16(15-11)5-6-19-9-10-20-8-7-18-4/h13,17H,5-10H2,1-4H3. The molecule has 0 saturated carbocycles. The zero-order valence-electron chi connectivity index (χ0n) is 12.9. The molecule has 0 bridgehead atoms. The van der Waals surface area contributed by atoms with Gasteiger partial charge in [0.15, 0.2) is 0 Å². The topological polar surface area (TPSA) is 65.7 Å². The number of methoxy groups -OCH3 is 1. The number of aliphatic hydroxyl groups is 1. The predicted molar refractivity (Wildman–Crippen MR) is 75.8 cm³/mol. The Morgan fingerprint density at radius 1 is 1.10 bits per heavy atom. The maximum Gasteiger partial charge on any atom is 0.0797 e. The highest BCUT2D eigenvalue weighted by molar-refractivity contribution is 5.26. The molecule has 0 aromatic carbocycles. The summed E-state index contributed by atoms with van der Waals surface area (Å²) >= 11 is 0. The number of aliphatic hydroxyl groups excluding tert-OH is 1. The molecule has 116 valence electrons. The number of nitrogens with zero attached hydrogens (tertiary/aromatic N) is 2. The number of ether oxygens (including phenoxy) is 3. The molecule has 1 heterocycles. The van der Waals surface area contributed by atoms with Gasteiger partial charge in [0.2, 0.25) is 0 Å². The minimum absolute atomic E-state index is 0.487. The molecule has 0 spiro atoms. The van der Waals surface area contributed by atoms with Crippen molar-refractivity contribution in [3.63, 3.8) is 0 Å². The molecule has 0 aliphatic carbocycles. The maximum atomic E-state index is 9.70. The summed E-state index contributed by atoms with van der Waals surface area (Å²) in [5, 5.41) is 14.1. The Kier molecular flexibility index (Phi) is 7.76. The fourth-order valence-electron chi connectivity index (χ4n) is 2.15. The van der Waals surface area contributed by atoms with Crippen LogP contribution >= 0.6 is 0 Å². The van der Waals surface area contributed by atoms with Gasteiger partial charge in [-0.2, -0.15) is 5.10 Å². The van der Waals surface area contributed by atoms with Gasteiger partial charge in [-0.1, -0.05) is 0 Å². The van der Waals surface area contributed by atoms with Gasteiger partial charge in [0, 0.05) is 18.4 Å². The highest BCUT2D eigenvalue weighted by Crippen LogP contribution is 2.20. The van der Waals surface area contributed by atoms with E-state index in [4.69, 9.17) is 14.2 Å². The van der Waals surface area contributed by atoms with Crippen molar-refractivity contribution in [1.29, 1.82) is 0 Å². The second-order valence-electron chi connectivity index (χ2n) is 4.70. The predicted octanol–water partition coefficient (Wildman–Crippen LogP) is 1.23. The first kappa shape index (κ1) is 17.1. The van der Waals surface area contributed by atoms with E-state index in [1.165, 1.54) is 0 Å². The zero-order chi connectivity index (χ0) is 15.0. The zero-order valence-corrected chi connectivity index (χ0v) is 12.9. The molecule has 20 heavy (non-hydrogen) atoms. The Labute approximate surface area is 120 Å². The minimum atomic E-state index is -0.487. The van der Waals surface area contributed by atoms with Crippen LogP contribution in [0.2, 0.25) is 0 Å². The molecule has 1 unspecified atom stereocenters. The van der Waals surface area contributed by atoms with Gasteiger partial charge in [-0.3, -0.25) is 4.68 Å². The van der Waals surface area contributed by atoms with Crippen LogP contribution in [-0.4, -0.2) is 55.0 Å². The van der Waals surface area contributed by atoms with Crippen molar-refractivity contribution in [3.8, 4) is 0 Å². The second-order valence-corrected chi connectivity index (χ2v) is 4.70. The van der Waals surface area contributed by atoms with Gasteiger partial charge in [0.25, 0.3) is 0 Å². The number of hydrogen-bond acceptors (Lipinski definition) is 5. The molecule has 6 nitrogen and oxygen atoms in total. The molecule has 1 N–H and O–H groups in total. The van der Waals surface area contributed by atoms with E-state index in [1.54, 1.807) is 14.0 Å². The molecule has 1 rings (SSSR count). The van der Waals surface area contributed by atoms with Gasteiger partial charge in [0.1, 0.15) is 0 Å².